The number of halogens is 1. The number of carbonyl (C=O) groups is 1. The van der Waals surface area contributed by atoms with Gasteiger partial charge in [-0.1, -0.05) is 0 Å². The lowest BCUT2D eigenvalue weighted by Crippen LogP contribution is -2.45. The van der Waals surface area contributed by atoms with Crippen LogP contribution in [0, 0.1) is 0 Å². The summed E-state index contributed by atoms with van der Waals surface area (Å²) < 4.78 is 0. The molecule has 0 bridgehead atoms. The summed E-state index contributed by atoms with van der Waals surface area (Å²) in [6.07, 6.45) is 0. The first-order chi connectivity index (χ1) is 8.08. The standard InChI is InChI=1S/C12H17N3O2.ClH/c1-14-4-6-15(7-5-14)11-3-2-9(13)8-10(11)12(16)17;/h2-3,8H,4-7,13H2,1H3,(H,16,17);1H. The van der Waals surface area contributed by atoms with Gasteiger partial charge in [-0.3, -0.25) is 0 Å². The third kappa shape index (κ3) is 3.05. The average molecular weight is 272 g/mol. The van der Waals surface area contributed by atoms with E-state index in [2.05, 4.69) is 16.8 Å². The molecule has 0 amide bonds. The third-order valence-corrected chi connectivity index (χ3v) is 3.09. The van der Waals surface area contributed by atoms with Gasteiger partial charge in [-0.2, -0.15) is 0 Å². The van der Waals surface area contributed by atoms with Crippen LogP contribution < -0.4 is 10.6 Å². The summed E-state index contributed by atoms with van der Waals surface area (Å²) in [5.74, 6) is -0.925. The van der Waals surface area contributed by atoms with Gasteiger partial charge in [-0.15, -0.1) is 12.4 Å². The quantitative estimate of drug-likeness (QED) is 0.790. The molecule has 0 unspecified atom stereocenters. The molecule has 1 aromatic carbocycles. The first-order valence-corrected chi connectivity index (χ1v) is 5.64. The fourth-order valence-corrected chi connectivity index (χ4v) is 2.05. The Morgan fingerprint density at radius 1 is 1.28 bits per heavy atom. The number of hydrogen-bond donors (Lipinski definition) is 2. The van der Waals surface area contributed by atoms with Crippen LogP contribution in [-0.4, -0.2) is 49.2 Å². The number of nitrogens with two attached hydrogens (primary N) is 1. The number of benzene rings is 1. The number of hydrogen-bond acceptors (Lipinski definition) is 4. The number of nitrogen functional groups attached to an aromatic ring is 1. The second-order valence-electron chi connectivity index (χ2n) is 4.37. The highest BCUT2D eigenvalue weighted by molar-refractivity contribution is 5.95. The molecule has 3 N–H and O–H groups in total. The number of carboxylic acids is 1. The molecule has 0 saturated carbocycles. The second-order valence-corrected chi connectivity index (χ2v) is 4.37. The summed E-state index contributed by atoms with van der Waals surface area (Å²) >= 11 is 0. The number of aromatic carboxylic acids is 1. The molecule has 0 aromatic heterocycles. The van der Waals surface area contributed by atoms with Gasteiger partial charge >= 0.3 is 5.97 Å². The van der Waals surface area contributed by atoms with Gasteiger partial charge in [-0.25, -0.2) is 4.79 Å². The van der Waals surface area contributed by atoms with Crippen molar-refractivity contribution in [1.82, 2.24) is 4.90 Å². The Hall–Kier alpha value is -1.46. The summed E-state index contributed by atoms with van der Waals surface area (Å²) in [5, 5.41) is 9.18. The minimum absolute atomic E-state index is 0. The predicted molar refractivity (Wildman–Crippen MR) is 74.8 cm³/mol. The summed E-state index contributed by atoms with van der Waals surface area (Å²) in [4.78, 5) is 15.5. The Labute approximate surface area is 113 Å². The van der Waals surface area contributed by atoms with Crippen molar-refractivity contribution in [2.24, 2.45) is 0 Å². The third-order valence-electron chi connectivity index (χ3n) is 3.09. The molecule has 0 radical (unpaired) electrons. The molecule has 0 atom stereocenters. The van der Waals surface area contributed by atoms with E-state index in [1.165, 1.54) is 6.07 Å². The maximum absolute atomic E-state index is 11.2. The SMILES string of the molecule is CN1CCN(c2ccc(N)cc2C(=O)O)CC1.Cl. The van der Waals surface area contributed by atoms with Crippen molar-refractivity contribution in [3.8, 4) is 0 Å². The lowest BCUT2D eigenvalue weighted by molar-refractivity contribution is 0.0697. The smallest absolute Gasteiger partial charge is 0.337 e. The van der Waals surface area contributed by atoms with Gasteiger partial charge in [0, 0.05) is 31.9 Å². The van der Waals surface area contributed by atoms with E-state index >= 15 is 0 Å². The number of nitrogens with zero attached hydrogens (tertiary/aromatic N) is 2. The first-order valence-electron chi connectivity index (χ1n) is 5.64. The van der Waals surface area contributed by atoms with E-state index in [-0.39, 0.29) is 18.0 Å². The average Bonchev–Trinajstić information content (AvgIpc) is 2.30. The summed E-state index contributed by atoms with van der Waals surface area (Å²) in [6, 6.07) is 5.07. The largest absolute Gasteiger partial charge is 0.478 e. The molecule has 1 aliphatic heterocycles. The van der Waals surface area contributed by atoms with Crippen molar-refractivity contribution in [3.05, 3.63) is 23.8 Å². The Bertz CT molecular complexity index is 431. The minimum Gasteiger partial charge on any atom is -0.478 e. The number of rotatable bonds is 2. The van der Waals surface area contributed by atoms with Gasteiger partial charge in [0.2, 0.25) is 0 Å². The van der Waals surface area contributed by atoms with E-state index in [4.69, 9.17) is 5.73 Å². The fraction of sp³-hybridized carbons (Fsp3) is 0.417. The molecule has 5 nitrogen and oxygen atoms in total. The Morgan fingerprint density at radius 3 is 2.44 bits per heavy atom. The number of carboxylic acid groups (broad SMARTS) is 1. The van der Waals surface area contributed by atoms with E-state index in [9.17, 15) is 9.90 Å². The lowest BCUT2D eigenvalue weighted by atomic mass is 10.1. The van der Waals surface area contributed by atoms with E-state index in [0.717, 1.165) is 31.9 Å². The van der Waals surface area contributed by atoms with Crippen LogP contribution in [0.3, 0.4) is 0 Å². The molecule has 2 rings (SSSR count). The van der Waals surface area contributed by atoms with Crippen LogP contribution in [0.15, 0.2) is 18.2 Å². The lowest BCUT2D eigenvalue weighted by Gasteiger charge is -2.34. The summed E-state index contributed by atoms with van der Waals surface area (Å²) in [5.41, 5.74) is 7.16. The maximum Gasteiger partial charge on any atom is 0.337 e. The fourth-order valence-electron chi connectivity index (χ4n) is 2.05. The molecule has 18 heavy (non-hydrogen) atoms. The molecular weight excluding hydrogens is 254 g/mol. The van der Waals surface area contributed by atoms with E-state index in [0.29, 0.717) is 5.69 Å². The minimum atomic E-state index is -0.925. The van der Waals surface area contributed by atoms with Crippen LogP contribution >= 0.6 is 12.4 Å². The van der Waals surface area contributed by atoms with Gasteiger partial charge in [0.15, 0.2) is 0 Å². The van der Waals surface area contributed by atoms with E-state index in [1.807, 2.05) is 0 Å². The van der Waals surface area contributed by atoms with Gasteiger partial charge in [0.05, 0.1) is 11.3 Å². The zero-order valence-electron chi connectivity index (χ0n) is 10.3. The second kappa shape index (κ2) is 5.93. The monoisotopic (exact) mass is 271 g/mol. The maximum atomic E-state index is 11.2. The van der Waals surface area contributed by atoms with Crippen LogP contribution in [0.25, 0.3) is 0 Å². The van der Waals surface area contributed by atoms with Gasteiger partial charge in [-0.05, 0) is 25.2 Å². The van der Waals surface area contributed by atoms with Crippen LogP contribution in [-0.2, 0) is 0 Å². The van der Waals surface area contributed by atoms with Crippen molar-refractivity contribution in [3.63, 3.8) is 0 Å². The number of likely N-dealkylation sites (N-methyl/N-ethyl adjacent to an activating group) is 1. The van der Waals surface area contributed by atoms with Crippen molar-refractivity contribution >= 4 is 29.8 Å². The van der Waals surface area contributed by atoms with E-state index in [1.54, 1.807) is 12.1 Å². The van der Waals surface area contributed by atoms with Crippen molar-refractivity contribution in [1.29, 1.82) is 0 Å². The zero-order chi connectivity index (χ0) is 12.4. The van der Waals surface area contributed by atoms with Gasteiger partial charge in [0.1, 0.15) is 0 Å². The summed E-state index contributed by atoms with van der Waals surface area (Å²) in [7, 11) is 2.07. The molecular formula is C12H18ClN3O2. The first kappa shape index (κ1) is 14.6. The molecule has 6 heteroatoms. The van der Waals surface area contributed by atoms with Crippen LogP contribution in [0.4, 0.5) is 11.4 Å². The molecule has 100 valence electrons. The van der Waals surface area contributed by atoms with Crippen LogP contribution in [0.1, 0.15) is 10.4 Å². The topological polar surface area (TPSA) is 69.8 Å². The number of piperazine rings is 1. The van der Waals surface area contributed by atoms with Crippen molar-refractivity contribution < 1.29 is 9.90 Å². The van der Waals surface area contributed by atoms with Gasteiger partial charge < -0.3 is 20.6 Å². The Kier molecular flexibility index (Phi) is 4.81. The highest BCUT2D eigenvalue weighted by Gasteiger charge is 2.19. The molecule has 1 heterocycles. The van der Waals surface area contributed by atoms with Crippen molar-refractivity contribution in [2.75, 3.05) is 43.9 Å². The highest BCUT2D eigenvalue weighted by atomic mass is 35.5. The highest BCUT2D eigenvalue weighted by Crippen LogP contribution is 2.24. The molecule has 1 fully saturated rings. The summed E-state index contributed by atoms with van der Waals surface area (Å²) in [6.45, 7) is 3.59. The molecule has 0 spiro atoms. The Morgan fingerprint density at radius 2 is 1.89 bits per heavy atom. The molecule has 0 aliphatic carbocycles. The van der Waals surface area contributed by atoms with Gasteiger partial charge in [0.25, 0.3) is 0 Å². The molecule has 1 aromatic rings. The predicted octanol–water partition coefficient (Wildman–Crippen LogP) is 1.14. The normalized spacial score (nSPS) is 16.2. The molecule has 1 saturated heterocycles. The van der Waals surface area contributed by atoms with Crippen LogP contribution in [0.2, 0.25) is 0 Å². The van der Waals surface area contributed by atoms with Crippen molar-refractivity contribution in [2.45, 2.75) is 0 Å². The zero-order valence-corrected chi connectivity index (χ0v) is 11.1. The molecule has 1 aliphatic rings. The van der Waals surface area contributed by atoms with E-state index < -0.39 is 5.97 Å². The Balaban J connectivity index is 0.00000162. The number of anilines is 2. The van der Waals surface area contributed by atoms with Crippen LogP contribution in [0.5, 0.6) is 0 Å².